The molecule has 0 fully saturated rings. The molecule has 2 rings (SSSR count). The first-order chi connectivity index (χ1) is 12.9. The minimum atomic E-state index is -4.51. The average Bonchev–Trinajstić information content (AvgIpc) is 2.65. The first-order valence-corrected chi connectivity index (χ1v) is 8.21. The summed E-state index contributed by atoms with van der Waals surface area (Å²) in [6.45, 7) is 1.30. The average molecular weight is 512 g/mol. The van der Waals surface area contributed by atoms with Crippen molar-refractivity contribution in [3.05, 3.63) is 53.6 Å². The van der Waals surface area contributed by atoms with Crippen LogP contribution in [0.5, 0.6) is 0 Å². The maximum atomic E-state index is 12.9. The van der Waals surface area contributed by atoms with Gasteiger partial charge in [-0.3, -0.25) is 4.99 Å². The summed E-state index contributed by atoms with van der Waals surface area (Å²) in [6, 6.07) is 7.06. The van der Waals surface area contributed by atoms with E-state index in [0.717, 1.165) is 17.8 Å². The smallest absolute Gasteiger partial charge is 0.356 e. The Bertz CT molecular complexity index is 752. The summed E-state index contributed by atoms with van der Waals surface area (Å²) in [5.41, 5.74) is -0.00561. The highest BCUT2D eigenvalue weighted by Gasteiger charge is 2.32. The number of anilines is 1. The summed E-state index contributed by atoms with van der Waals surface area (Å²) >= 11 is 0. The van der Waals surface area contributed by atoms with Crippen LogP contribution in [0.4, 0.5) is 23.5 Å². The van der Waals surface area contributed by atoms with Gasteiger partial charge in [-0.25, -0.2) is 14.4 Å². The van der Waals surface area contributed by atoms with E-state index in [-0.39, 0.29) is 35.7 Å². The van der Waals surface area contributed by atoms with Crippen molar-refractivity contribution in [3.63, 3.8) is 0 Å². The molecule has 11 heteroatoms. The molecule has 0 saturated carbocycles. The highest BCUT2D eigenvalue weighted by atomic mass is 127. The molecule has 3 N–H and O–H groups in total. The van der Waals surface area contributed by atoms with Crippen molar-refractivity contribution >= 4 is 35.9 Å². The molecular weight excluding hydrogens is 491 g/mol. The molecule has 154 valence electrons. The summed E-state index contributed by atoms with van der Waals surface area (Å²) < 4.78 is 50.6. The largest absolute Gasteiger partial charge is 0.433 e. The van der Waals surface area contributed by atoms with Gasteiger partial charge in [0.2, 0.25) is 5.95 Å². The van der Waals surface area contributed by atoms with Crippen LogP contribution >= 0.6 is 24.0 Å². The third-order valence-corrected chi connectivity index (χ3v) is 3.49. The molecule has 0 unspecified atom stereocenters. The zero-order valence-electron chi connectivity index (χ0n) is 15.1. The van der Waals surface area contributed by atoms with Gasteiger partial charge in [0, 0.05) is 32.9 Å². The van der Waals surface area contributed by atoms with E-state index in [1.54, 1.807) is 19.2 Å². The van der Waals surface area contributed by atoms with Crippen molar-refractivity contribution in [2.75, 3.05) is 32.0 Å². The Kier molecular flexibility index (Phi) is 9.90. The van der Waals surface area contributed by atoms with Crippen molar-refractivity contribution in [1.29, 1.82) is 0 Å². The molecule has 0 spiro atoms. The molecule has 0 amide bonds. The number of aromatic nitrogens is 2. The lowest BCUT2D eigenvalue weighted by atomic mass is 10.1. The topological polar surface area (TPSA) is 74.2 Å². The van der Waals surface area contributed by atoms with Gasteiger partial charge in [0.15, 0.2) is 5.96 Å². The molecule has 1 aromatic heterocycles. The number of guanidine groups is 1. The van der Waals surface area contributed by atoms with Gasteiger partial charge in [-0.05, 0) is 30.2 Å². The van der Waals surface area contributed by atoms with E-state index >= 15 is 0 Å². The summed E-state index contributed by atoms with van der Waals surface area (Å²) in [5.74, 6) is 0.177. The highest BCUT2D eigenvalue weighted by molar-refractivity contribution is 14.0. The molecule has 1 heterocycles. The molecule has 0 bridgehead atoms. The lowest BCUT2D eigenvalue weighted by Gasteiger charge is -2.13. The first-order valence-electron chi connectivity index (χ1n) is 8.21. The summed E-state index contributed by atoms with van der Waals surface area (Å²) in [7, 11) is 1.61. The quantitative estimate of drug-likeness (QED) is 0.175. The molecule has 0 saturated heterocycles. The van der Waals surface area contributed by atoms with Gasteiger partial charge in [0.05, 0.1) is 0 Å². The predicted octanol–water partition coefficient (Wildman–Crippen LogP) is 3.07. The van der Waals surface area contributed by atoms with Crippen molar-refractivity contribution in [2.45, 2.75) is 12.6 Å². The van der Waals surface area contributed by atoms with Gasteiger partial charge in [-0.2, -0.15) is 13.2 Å². The van der Waals surface area contributed by atoms with Crippen LogP contribution in [-0.4, -0.2) is 42.6 Å². The third-order valence-electron chi connectivity index (χ3n) is 3.49. The Morgan fingerprint density at radius 2 is 1.71 bits per heavy atom. The van der Waals surface area contributed by atoms with Gasteiger partial charge in [-0.1, -0.05) is 12.1 Å². The van der Waals surface area contributed by atoms with Crippen LogP contribution in [0.1, 0.15) is 11.3 Å². The first kappa shape index (κ1) is 23.9. The minimum absolute atomic E-state index is 0. The van der Waals surface area contributed by atoms with Crippen LogP contribution in [0, 0.1) is 5.82 Å². The normalized spacial score (nSPS) is 11.5. The maximum Gasteiger partial charge on any atom is 0.433 e. The summed E-state index contributed by atoms with van der Waals surface area (Å²) in [5, 5.41) is 8.84. The summed E-state index contributed by atoms with van der Waals surface area (Å²) in [4.78, 5) is 11.2. The highest BCUT2D eigenvalue weighted by Crippen LogP contribution is 2.27. The van der Waals surface area contributed by atoms with Crippen molar-refractivity contribution < 1.29 is 17.6 Å². The second-order valence-corrected chi connectivity index (χ2v) is 5.49. The van der Waals surface area contributed by atoms with Crippen LogP contribution in [0.3, 0.4) is 0 Å². The number of aliphatic imine (C=N–C) groups is 1. The Labute approximate surface area is 177 Å². The number of alkyl halides is 3. The zero-order chi connectivity index (χ0) is 19.7. The van der Waals surface area contributed by atoms with Gasteiger partial charge < -0.3 is 16.0 Å². The molecule has 0 aliphatic heterocycles. The van der Waals surface area contributed by atoms with E-state index in [0.29, 0.717) is 32.0 Å². The van der Waals surface area contributed by atoms with Crippen LogP contribution < -0.4 is 16.0 Å². The third kappa shape index (κ3) is 8.23. The number of hydrogen-bond acceptors (Lipinski definition) is 4. The van der Waals surface area contributed by atoms with Crippen LogP contribution in [-0.2, 0) is 12.6 Å². The number of rotatable bonds is 7. The number of hydrogen-bond donors (Lipinski definition) is 3. The van der Waals surface area contributed by atoms with Crippen molar-refractivity contribution in [3.8, 4) is 0 Å². The van der Waals surface area contributed by atoms with Crippen molar-refractivity contribution in [2.24, 2.45) is 4.99 Å². The molecule has 0 atom stereocenters. The van der Waals surface area contributed by atoms with Crippen molar-refractivity contribution in [1.82, 2.24) is 20.6 Å². The van der Waals surface area contributed by atoms with Gasteiger partial charge >= 0.3 is 6.18 Å². The lowest BCUT2D eigenvalue weighted by Crippen LogP contribution is -2.40. The van der Waals surface area contributed by atoms with Gasteiger partial charge in [0.25, 0.3) is 0 Å². The zero-order valence-corrected chi connectivity index (χ0v) is 17.4. The lowest BCUT2D eigenvalue weighted by molar-refractivity contribution is -0.141. The van der Waals surface area contributed by atoms with Gasteiger partial charge in [-0.15, -0.1) is 24.0 Å². The predicted molar refractivity (Wildman–Crippen MR) is 110 cm³/mol. The molecule has 0 radical (unpaired) electrons. The number of benzene rings is 1. The fourth-order valence-corrected chi connectivity index (χ4v) is 2.15. The standard InChI is InChI=1S/C17H20F4N6.HI/c1-22-15(23-8-6-12-2-4-13(18)5-3-12)25-10-11-26-16-24-9-7-14(27-16)17(19,20)21;/h2-5,7,9H,6,8,10-11H2,1H3,(H2,22,23,25)(H,24,26,27);1H. The minimum Gasteiger partial charge on any atom is -0.356 e. The number of nitrogens with zero attached hydrogens (tertiary/aromatic N) is 3. The fourth-order valence-electron chi connectivity index (χ4n) is 2.15. The molecule has 28 heavy (non-hydrogen) atoms. The van der Waals surface area contributed by atoms with Crippen LogP contribution in [0.2, 0.25) is 0 Å². The molecule has 0 aliphatic carbocycles. The van der Waals surface area contributed by atoms with Gasteiger partial charge in [0.1, 0.15) is 11.5 Å². The summed E-state index contributed by atoms with van der Waals surface area (Å²) in [6.07, 6.45) is -2.76. The Morgan fingerprint density at radius 3 is 2.36 bits per heavy atom. The molecule has 0 aliphatic rings. The van der Waals surface area contributed by atoms with E-state index in [1.807, 2.05) is 0 Å². The SMILES string of the molecule is CN=C(NCCNc1nccc(C(F)(F)F)n1)NCCc1ccc(F)cc1.I. The van der Waals surface area contributed by atoms with E-state index in [2.05, 4.69) is 30.9 Å². The van der Waals surface area contributed by atoms with E-state index in [4.69, 9.17) is 0 Å². The second kappa shape index (κ2) is 11.6. The number of nitrogens with one attached hydrogen (secondary N) is 3. The van der Waals surface area contributed by atoms with Crippen LogP contribution in [0.15, 0.2) is 41.5 Å². The molecule has 2 aromatic rings. The van der Waals surface area contributed by atoms with E-state index in [9.17, 15) is 17.6 Å². The second-order valence-electron chi connectivity index (χ2n) is 5.49. The molecular formula is C17H21F4IN6. The molecule has 1 aromatic carbocycles. The Balaban J connectivity index is 0.00000392. The van der Waals surface area contributed by atoms with E-state index < -0.39 is 11.9 Å². The number of halogens is 5. The fraction of sp³-hybridized carbons (Fsp3) is 0.353. The molecule has 6 nitrogen and oxygen atoms in total. The monoisotopic (exact) mass is 512 g/mol. The Hall–Kier alpha value is -2.18. The Morgan fingerprint density at radius 1 is 1.04 bits per heavy atom. The van der Waals surface area contributed by atoms with E-state index in [1.165, 1.54) is 12.1 Å². The maximum absolute atomic E-state index is 12.9. The van der Waals surface area contributed by atoms with Crippen LogP contribution in [0.25, 0.3) is 0 Å².